The van der Waals surface area contributed by atoms with Gasteiger partial charge in [0.05, 0.1) is 17.9 Å². The molecule has 2 N–H and O–H groups in total. The van der Waals surface area contributed by atoms with E-state index >= 15 is 0 Å². The highest BCUT2D eigenvalue weighted by Crippen LogP contribution is 2.15. The number of aromatic nitrogens is 1. The SMILES string of the molecule is NC(Cc1ccc(I)cc1)c1ccc(F)cn1. The highest BCUT2D eigenvalue weighted by Gasteiger charge is 2.08. The summed E-state index contributed by atoms with van der Waals surface area (Å²) in [7, 11) is 0. The van der Waals surface area contributed by atoms with Gasteiger partial charge in [-0.2, -0.15) is 0 Å². The first-order chi connectivity index (χ1) is 8.15. The van der Waals surface area contributed by atoms with Gasteiger partial charge in [-0.05, 0) is 58.8 Å². The van der Waals surface area contributed by atoms with E-state index in [1.807, 2.05) is 24.3 Å². The summed E-state index contributed by atoms with van der Waals surface area (Å²) in [6.45, 7) is 0. The molecule has 0 fully saturated rings. The monoisotopic (exact) mass is 342 g/mol. The molecular weight excluding hydrogens is 330 g/mol. The van der Waals surface area contributed by atoms with Gasteiger partial charge in [0.25, 0.3) is 0 Å². The van der Waals surface area contributed by atoms with E-state index in [4.69, 9.17) is 5.73 Å². The van der Waals surface area contributed by atoms with Gasteiger partial charge in [-0.15, -0.1) is 0 Å². The van der Waals surface area contributed by atoms with Crippen molar-refractivity contribution in [3.8, 4) is 0 Å². The maximum absolute atomic E-state index is 12.7. The van der Waals surface area contributed by atoms with Gasteiger partial charge in [-0.3, -0.25) is 4.98 Å². The molecule has 0 saturated carbocycles. The number of halogens is 2. The van der Waals surface area contributed by atoms with Gasteiger partial charge in [0.15, 0.2) is 0 Å². The summed E-state index contributed by atoms with van der Waals surface area (Å²) >= 11 is 2.26. The predicted octanol–water partition coefficient (Wildman–Crippen LogP) is 3.07. The lowest BCUT2D eigenvalue weighted by molar-refractivity contribution is 0.612. The number of hydrogen-bond acceptors (Lipinski definition) is 2. The largest absolute Gasteiger partial charge is 0.322 e. The second-order valence-corrected chi connectivity index (χ2v) is 5.08. The first kappa shape index (κ1) is 12.4. The Morgan fingerprint density at radius 1 is 1.18 bits per heavy atom. The van der Waals surface area contributed by atoms with E-state index in [9.17, 15) is 4.39 Å². The summed E-state index contributed by atoms with van der Waals surface area (Å²) in [5.74, 6) is -0.338. The molecule has 1 unspecified atom stereocenters. The minimum absolute atomic E-state index is 0.198. The molecule has 1 aromatic carbocycles. The molecule has 2 aromatic rings. The molecule has 0 aliphatic rings. The average Bonchev–Trinajstić information content (AvgIpc) is 2.33. The van der Waals surface area contributed by atoms with E-state index in [2.05, 4.69) is 27.6 Å². The van der Waals surface area contributed by atoms with Crippen LogP contribution in [0.1, 0.15) is 17.3 Å². The third kappa shape index (κ3) is 3.47. The van der Waals surface area contributed by atoms with Crippen molar-refractivity contribution < 1.29 is 4.39 Å². The third-order valence-corrected chi connectivity index (χ3v) is 3.22. The summed E-state index contributed by atoms with van der Waals surface area (Å²) in [6, 6.07) is 11.0. The van der Waals surface area contributed by atoms with Gasteiger partial charge in [-0.1, -0.05) is 12.1 Å². The van der Waals surface area contributed by atoms with E-state index in [1.54, 1.807) is 6.07 Å². The second kappa shape index (κ2) is 5.55. The van der Waals surface area contributed by atoms with Crippen LogP contribution in [0.25, 0.3) is 0 Å². The van der Waals surface area contributed by atoms with Crippen LogP contribution in [-0.2, 0) is 6.42 Å². The normalized spacial score (nSPS) is 12.4. The summed E-state index contributed by atoms with van der Waals surface area (Å²) in [6.07, 6.45) is 1.90. The highest BCUT2D eigenvalue weighted by molar-refractivity contribution is 14.1. The fourth-order valence-corrected chi connectivity index (χ4v) is 1.95. The van der Waals surface area contributed by atoms with E-state index in [1.165, 1.54) is 15.8 Å². The van der Waals surface area contributed by atoms with E-state index in [-0.39, 0.29) is 11.9 Å². The zero-order valence-electron chi connectivity index (χ0n) is 9.11. The van der Waals surface area contributed by atoms with Crippen LogP contribution in [0.15, 0.2) is 42.6 Å². The lowest BCUT2D eigenvalue weighted by atomic mass is 10.0. The highest BCUT2D eigenvalue weighted by atomic mass is 127. The molecule has 0 aliphatic heterocycles. The fraction of sp³-hybridized carbons (Fsp3) is 0.154. The molecule has 17 heavy (non-hydrogen) atoms. The van der Waals surface area contributed by atoms with Crippen molar-refractivity contribution in [3.05, 3.63) is 63.2 Å². The number of rotatable bonds is 3. The number of hydrogen-bond donors (Lipinski definition) is 1. The fourth-order valence-electron chi connectivity index (χ4n) is 1.59. The van der Waals surface area contributed by atoms with Gasteiger partial charge in [0.1, 0.15) is 5.82 Å². The zero-order valence-corrected chi connectivity index (χ0v) is 11.3. The van der Waals surface area contributed by atoms with Crippen LogP contribution in [-0.4, -0.2) is 4.98 Å². The first-order valence-electron chi connectivity index (χ1n) is 5.26. The molecule has 0 radical (unpaired) electrons. The van der Waals surface area contributed by atoms with Crippen LogP contribution in [0.5, 0.6) is 0 Å². The molecule has 1 atom stereocenters. The number of benzene rings is 1. The van der Waals surface area contributed by atoms with E-state index in [0.717, 1.165) is 5.56 Å². The molecule has 0 amide bonds. The molecular formula is C13H12FIN2. The summed E-state index contributed by atoms with van der Waals surface area (Å²) in [4.78, 5) is 3.99. The minimum atomic E-state index is -0.338. The lowest BCUT2D eigenvalue weighted by Crippen LogP contribution is -2.14. The van der Waals surface area contributed by atoms with Gasteiger partial charge < -0.3 is 5.73 Å². The molecule has 0 bridgehead atoms. The third-order valence-electron chi connectivity index (χ3n) is 2.50. The van der Waals surface area contributed by atoms with Gasteiger partial charge in [0.2, 0.25) is 0 Å². The van der Waals surface area contributed by atoms with E-state index < -0.39 is 0 Å². The Morgan fingerprint density at radius 2 is 1.88 bits per heavy atom. The Hall–Kier alpha value is -1.01. The van der Waals surface area contributed by atoms with Crippen LogP contribution >= 0.6 is 22.6 Å². The molecule has 88 valence electrons. The van der Waals surface area contributed by atoms with Crippen molar-refractivity contribution in [2.24, 2.45) is 5.73 Å². The van der Waals surface area contributed by atoms with Crippen molar-refractivity contribution in [2.45, 2.75) is 12.5 Å². The molecule has 1 heterocycles. The Morgan fingerprint density at radius 3 is 2.47 bits per heavy atom. The van der Waals surface area contributed by atoms with Crippen LogP contribution < -0.4 is 5.73 Å². The number of pyridine rings is 1. The molecule has 0 aliphatic carbocycles. The van der Waals surface area contributed by atoms with Gasteiger partial charge in [-0.25, -0.2) is 4.39 Å². The molecule has 1 aromatic heterocycles. The van der Waals surface area contributed by atoms with Crippen molar-refractivity contribution >= 4 is 22.6 Å². The number of nitrogens with zero attached hydrogens (tertiary/aromatic N) is 1. The summed E-state index contributed by atoms with van der Waals surface area (Å²) in [5, 5.41) is 0. The van der Waals surface area contributed by atoms with Crippen LogP contribution in [0, 0.1) is 9.39 Å². The smallest absolute Gasteiger partial charge is 0.141 e. The Balaban J connectivity index is 2.08. The van der Waals surface area contributed by atoms with Gasteiger partial charge in [0, 0.05) is 3.57 Å². The minimum Gasteiger partial charge on any atom is -0.322 e. The molecule has 4 heteroatoms. The summed E-state index contributed by atoms with van der Waals surface area (Å²) in [5.41, 5.74) is 7.90. The quantitative estimate of drug-likeness (QED) is 0.871. The lowest BCUT2D eigenvalue weighted by Gasteiger charge is -2.11. The maximum atomic E-state index is 12.7. The Bertz CT molecular complexity index is 482. The van der Waals surface area contributed by atoms with Crippen LogP contribution in [0.4, 0.5) is 4.39 Å². The van der Waals surface area contributed by atoms with Crippen molar-refractivity contribution in [1.82, 2.24) is 4.98 Å². The molecule has 0 saturated heterocycles. The zero-order chi connectivity index (χ0) is 12.3. The predicted molar refractivity (Wildman–Crippen MR) is 74.0 cm³/mol. The second-order valence-electron chi connectivity index (χ2n) is 3.84. The topological polar surface area (TPSA) is 38.9 Å². The Kier molecular flexibility index (Phi) is 4.06. The molecule has 2 nitrogen and oxygen atoms in total. The first-order valence-corrected chi connectivity index (χ1v) is 6.34. The van der Waals surface area contributed by atoms with Crippen molar-refractivity contribution in [1.29, 1.82) is 0 Å². The molecule has 2 rings (SSSR count). The standard InChI is InChI=1S/C13H12FIN2/c14-10-3-6-13(17-8-10)12(16)7-9-1-4-11(15)5-2-9/h1-6,8,12H,7,16H2. The average molecular weight is 342 g/mol. The Labute approximate surface area is 113 Å². The van der Waals surface area contributed by atoms with Crippen molar-refractivity contribution in [2.75, 3.05) is 0 Å². The van der Waals surface area contributed by atoms with E-state index in [0.29, 0.717) is 12.1 Å². The molecule has 0 spiro atoms. The van der Waals surface area contributed by atoms with Crippen molar-refractivity contribution in [3.63, 3.8) is 0 Å². The number of nitrogens with two attached hydrogens (primary N) is 1. The van der Waals surface area contributed by atoms with Crippen LogP contribution in [0.3, 0.4) is 0 Å². The maximum Gasteiger partial charge on any atom is 0.141 e. The summed E-state index contributed by atoms with van der Waals surface area (Å²) < 4.78 is 13.9. The van der Waals surface area contributed by atoms with Gasteiger partial charge >= 0.3 is 0 Å². The van der Waals surface area contributed by atoms with Crippen LogP contribution in [0.2, 0.25) is 0 Å².